The summed E-state index contributed by atoms with van der Waals surface area (Å²) in [5.74, 6) is -0.0887. The number of aromatic nitrogens is 1. The maximum absolute atomic E-state index is 12.7. The molecule has 0 radical (unpaired) electrons. The predicted molar refractivity (Wildman–Crippen MR) is 110 cm³/mol. The summed E-state index contributed by atoms with van der Waals surface area (Å²) in [7, 11) is 2.10. The third kappa shape index (κ3) is 3.56. The molecule has 1 aromatic heterocycles. The molecule has 0 unspecified atom stereocenters. The fraction of sp³-hybridized carbons (Fsp3) is 0.217. The highest BCUT2D eigenvalue weighted by Gasteiger charge is 2.15. The summed E-state index contributed by atoms with van der Waals surface area (Å²) in [4.78, 5) is 19.2. The lowest BCUT2D eigenvalue weighted by atomic mass is 9.99. The van der Waals surface area contributed by atoms with Crippen LogP contribution in [0.3, 0.4) is 0 Å². The van der Waals surface area contributed by atoms with Gasteiger partial charge in [-0.2, -0.15) is 0 Å². The average Bonchev–Trinajstić information content (AvgIpc) is 2.69. The van der Waals surface area contributed by atoms with Crippen LogP contribution in [0.4, 0.5) is 11.4 Å². The third-order valence-corrected chi connectivity index (χ3v) is 5.16. The Hall–Kier alpha value is -3.14. The van der Waals surface area contributed by atoms with E-state index in [-0.39, 0.29) is 5.91 Å². The van der Waals surface area contributed by atoms with Crippen LogP contribution in [0.1, 0.15) is 27.9 Å². The maximum atomic E-state index is 12.7. The normalized spacial score (nSPS) is 13.2. The number of pyridine rings is 1. The number of nitrogens with one attached hydrogen (secondary N) is 1. The monoisotopic (exact) mass is 357 g/mol. The molecule has 1 aliphatic heterocycles. The van der Waals surface area contributed by atoms with E-state index in [1.54, 1.807) is 6.20 Å². The first-order valence-corrected chi connectivity index (χ1v) is 9.28. The Kier molecular flexibility index (Phi) is 4.63. The van der Waals surface area contributed by atoms with Gasteiger partial charge in [-0.25, -0.2) is 0 Å². The van der Waals surface area contributed by atoms with E-state index in [0.717, 1.165) is 35.3 Å². The van der Waals surface area contributed by atoms with Gasteiger partial charge in [0.2, 0.25) is 0 Å². The number of anilines is 2. The zero-order chi connectivity index (χ0) is 18.8. The highest BCUT2D eigenvalue weighted by molar-refractivity contribution is 6.05. The summed E-state index contributed by atoms with van der Waals surface area (Å²) in [6.07, 6.45) is 5.88. The first kappa shape index (κ1) is 17.3. The highest BCUT2D eigenvalue weighted by Crippen LogP contribution is 2.29. The van der Waals surface area contributed by atoms with Crippen LogP contribution in [0, 0.1) is 6.92 Å². The number of carbonyl (C=O) groups is 1. The molecule has 1 N–H and O–H groups in total. The van der Waals surface area contributed by atoms with Crippen molar-refractivity contribution in [2.75, 3.05) is 23.8 Å². The van der Waals surface area contributed by atoms with Crippen LogP contribution in [-0.2, 0) is 6.42 Å². The number of carbonyl (C=O) groups excluding carboxylic acids is 1. The van der Waals surface area contributed by atoms with E-state index in [1.165, 1.54) is 17.7 Å². The van der Waals surface area contributed by atoms with Crippen LogP contribution in [-0.4, -0.2) is 24.5 Å². The van der Waals surface area contributed by atoms with Gasteiger partial charge in [-0.3, -0.25) is 9.78 Å². The molecule has 0 saturated heterocycles. The molecule has 4 rings (SSSR count). The van der Waals surface area contributed by atoms with Gasteiger partial charge in [0, 0.05) is 48.5 Å². The number of hydrogen-bond donors (Lipinski definition) is 1. The molecular weight excluding hydrogens is 334 g/mol. The largest absolute Gasteiger partial charge is 0.374 e. The number of benzene rings is 2. The number of nitrogens with zero attached hydrogens (tertiary/aromatic N) is 2. The van der Waals surface area contributed by atoms with Gasteiger partial charge in [0.1, 0.15) is 0 Å². The van der Waals surface area contributed by atoms with E-state index in [2.05, 4.69) is 34.4 Å². The first-order valence-electron chi connectivity index (χ1n) is 9.28. The molecule has 2 heterocycles. The summed E-state index contributed by atoms with van der Waals surface area (Å²) in [6, 6.07) is 15.9. The van der Waals surface area contributed by atoms with Gasteiger partial charge in [-0.05, 0) is 66.8 Å². The molecule has 4 nitrogen and oxygen atoms in total. The second kappa shape index (κ2) is 7.23. The molecule has 0 aliphatic carbocycles. The Morgan fingerprint density at radius 2 is 2.04 bits per heavy atom. The van der Waals surface area contributed by atoms with Crippen molar-refractivity contribution in [1.82, 2.24) is 4.98 Å². The van der Waals surface area contributed by atoms with Crippen molar-refractivity contribution in [1.29, 1.82) is 0 Å². The smallest absolute Gasteiger partial charge is 0.255 e. The van der Waals surface area contributed by atoms with Gasteiger partial charge in [-0.15, -0.1) is 0 Å². The second-order valence-electron chi connectivity index (χ2n) is 7.09. The standard InChI is InChI=1S/C23H23N3O/c1-16-13-18(8-10-21(16)19-5-3-11-24-15-19)23(27)25-20-9-7-17-6-4-12-26(2)22(17)14-20/h3,5,7-11,13-15H,4,6,12H2,1-2H3,(H,25,27). The molecule has 0 bridgehead atoms. The van der Waals surface area contributed by atoms with Crippen LogP contribution in [0.2, 0.25) is 0 Å². The van der Waals surface area contributed by atoms with Crippen LogP contribution >= 0.6 is 0 Å². The minimum atomic E-state index is -0.0887. The van der Waals surface area contributed by atoms with Crippen molar-refractivity contribution < 1.29 is 4.79 Å². The molecule has 4 heteroatoms. The molecule has 27 heavy (non-hydrogen) atoms. The van der Waals surface area contributed by atoms with Gasteiger partial charge >= 0.3 is 0 Å². The molecule has 0 spiro atoms. The Balaban J connectivity index is 1.55. The topological polar surface area (TPSA) is 45.2 Å². The number of hydrogen-bond acceptors (Lipinski definition) is 3. The lowest BCUT2D eigenvalue weighted by Gasteiger charge is -2.28. The van der Waals surface area contributed by atoms with Crippen LogP contribution in [0.25, 0.3) is 11.1 Å². The van der Waals surface area contributed by atoms with Gasteiger partial charge in [0.15, 0.2) is 0 Å². The molecule has 2 aromatic carbocycles. The van der Waals surface area contributed by atoms with E-state index in [9.17, 15) is 4.79 Å². The zero-order valence-electron chi connectivity index (χ0n) is 15.7. The SMILES string of the molecule is Cc1cc(C(=O)Nc2ccc3c(c2)N(C)CCC3)ccc1-c1cccnc1. The molecule has 136 valence electrons. The minimum absolute atomic E-state index is 0.0887. The summed E-state index contributed by atoms with van der Waals surface area (Å²) in [5.41, 5.74) is 7.25. The van der Waals surface area contributed by atoms with Crippen molar-refractivity contribution >= 4 is 17.3 Å². The van der Waals surface area contributed by atoms with Crippen molar-refractivity contribution in [2.45, 2.75) is 19.8 Å². The molecule has 0 atom stereocenters. The number of amides is 1. The van der Waals surface area contributed by atoms with Gasteiger partial charge in [0.05, 0.1) is 0 Å². The minimum Gasteiger partial charge on any atom is -0.374 e. The highest BCUT2D eigenvalue weighted by atomic mass is 16.1. The Labute approximate surface area is 159 Å². The van der Waals surface area contributed by atoms with E-state index in [1.807, 2.05) is 49.5 Å². The Bertz CT molecular complexity index is 982. The van der Waals surface area contributed by atoms with Crippen molar-refractivity contribution in [3.63, 3.8) is 0 Å². The predicted octanol–water partition coefficient (Wildman–Crippen LogP) is 4.69. The third-order valence-electron chi connectivity index (χ3n) is 5.16. The van der Waals surface area contributed by atoms with Gasteiger partial charge in [-0.1, -0.05) is 18.2 Å². The van der Waals surface area contributed by atoms with Crippen molar-refractivity contribution in [3.8, 4) is 11.1 Å². The van der Waals surface area contributed by atoms with Crippen LogP contribution in [0.5, 0.6) is 0 Å². The van der Waals surface area contributed by atoms with E-state index < -0.39 is 0 Å². The van der Waals surface area contributed by atoms with Crippen molar-refractivity contribution in [3.05, 3.63) is 77.6 Å². The molecule has 0 fully saturated rings. The summed E-state index contributed by atoms with van der Waals surface area (Å²) in [5, 5.41) is 3.04. The zero-order valence-corrected chi connectivity index (χ0v) is 15.7. The second-order valence-corrected chi connectivity index (χ2v) is 7.09. The Morgan fingerprint density at radius 1 is 1.15 bits per heavy atom. The molecule has 0 saturated carbocycles. The molecule has 3 aromatic rings. The Morgan fingerprint density at radius 3 is 2.81 bits per heavy atom. The molecule has 1 aliphatic rings. The van der Waals surface area contributed by atoms with Crippen LogP contribution in [0.15, 0.2) is 60.9 Å². The summed E-state index contributed by atoms with van der Waals surface area (Å²) >= 11 is 0. The maximum Gasteiger partial charge on any atom is 0.255 e. The van der Waals surface area contributed by atoms with E-state index >= 15 is 0 Å². The first-order chi connectivity index (χ1) is 13.1. The lowest BCUT2D eigenvalue weighted by molar-refractivity contribution is 0.102. The molecule has 1 amide bonds. The van der Waals surface area contributed by atoms with Crippen LogP contribution < -0.4 is 10.2 Å². The average molecular weight is 357 g/mol. The van der Waals surface area contributed by atoms with Crippen molar-refractivity contribution in [2.24, 2.45) is 0 Å². The lowest BCUT2D eigenvalue weighted by Crippen LogP contribution is -2.24. The fourth-order valence-corrected chi connectivity index (χ4v) is 3.69. The molecular formula is C23H23N3O. The number of fused-ring (bicyclic) bond motifs is 1. The quantitative estimate of drug-likeness (QED) is 0.739. The summed E-state index contributed by atoms with van der Waals surface area (Å²) in [6.45, 7) is 3.08. The van der Waals surface area contributed by atoms with E-state index in [4.69, 9.17) is 0 Å². The number of rotatable bonds is 3. The summed E-state index contributed by atoms with van der Waals surface area (Å²) < 4.78 is 0. The van der Waals surface area contributed by atoms with Gasteiger partial charge < -0.3 is 10.2 Å². The van der Waals surface area contributed by atoms with E-state index in [0.29, 0.717) is 5.56 Å². The number of aryl methyl sites for hydroxylation is 2. The van der Waals surface area contributed by atoms with Gasteiger partial charge in [0.25, 0.3) is 5.91 Å². The fourth-order valence-electron chi connectivity index (χ4n) is 3.69.